The summed E-state index contributed by atoms with van der Waals surface area (Å²) in [5.74, 6) is -1.29. The van der Waals surface area contributed by atoms with E-state index in [4.69, 9.17) is 16.3 Å². The zero-order chi connectivity index (χ0) is 29.7. The average Bonchev–Trinajstić information content (AvgIpc) is 2.80. The van der Waals surface area contributed by atoms with Crippen LogP contribution in [-0.4, -0.2) is 45.1 Å². The fourth-order valence-electron chi connectivity index (χ4n) is 4.21. The Morgan fingerprint density at radius 1 is 1.05 bits per heavy atom. The zero-order valence-corrected chi connectivity index (χ0v) is 25.1. The van der Waals surface area contributed by atoms with Crippen molar-refractivity contribution in [2.75, 3.05) is 5.32 Å². The van der Waals surface area contributed by atoms with Gasteiger partial charge in [-0.25, -0.2) is 4.79 Å². The van der Waals surface area contributed by atoms with E-state index in [1.807, 2.05) is 47.6 Å². The molecule has 3 amide bonds. The molecule has 0 heterocycles. The van der Waals surface area contributed by atoms with Gasteiger partial charge in [0.05, 0.1) is 10.7 Å². The Labute approximate surface area is 237 Å². The molecule has 3 atom stereocenters. The number of carbonyl (C=O) groups is 3. The number of anilines is 1. The molecule has 0 spiro atoms. The monoisotopic (exact) mass is 559 g/mol. The number of carbonyl (C=O) groups excluding carboxylic acids is 3. The topological polar surface area (TPSA) is 108 Å². The predicted octanol–water partition coefficient (Wildman–Crippen LogP) is 6.60. The highest BCUT2D eigenvalue weighted by Crippen LogP contribution is 2.34. The normalized spacial score (nSPS) is 14.1. The molecule has 0 saturated carbocycles. The first kappa shape index (κ1) is 32.0. The number of hydrogen-bond acceptors (Lipinski definition) is 5. The lowest BCUT2D eigenvalue weighted by atomic mass is 9.91. The number of amides is 3. The minimum absolute atomic E-state index is 0.0501. The summed E-state index contributed by atoms with van der Waals surface area (Å²) in [6.45, 7) is 16.3. The number of rotatable bonds is 8. The number of phenols is 1. The van der Waals surface area contributed by atoms with Crippen molar-refractivity contribution < 1.29 is 24.2 Å². The Kier molecular flexibility index (Phi) is 10.4. The van der Waals surface area contributed by atoms with E-state index in [-0.39, 0.29) is 11.7 Å². The molecule has 2 aromatic rings. The molecule has 0 radical (unpaired) electrons. The van der Waals surface area contributed by atoms with E-state index in [0.717, 1.165) is 5.56 Å². The molecule has 3 unspecified atom stereocenters. The molecule has 0 aliphatic rings. The summed E-state index contributed by atoms with van der Waals surface area (Å²) < 4.78 is 5.44. The second kappa shape index (κ2) is 12.7. The van der Waals surface area contributed by atoms with E-state index in [2.05, 4.69) is 10.6 Å². The first-order valence-corrected chi connectivity index (χ1v) is 13.5. The molecule has 0 aliphatic carbocycles. The summed E-state index contributed by atoms with van der Waals surface area (Å²) in [5.41, 5.74) is -0.0421. The number of aryl methyl sites for hydroxylation is 1. The van der Waals surface area contributed by atoms with Crippen molar-refractivity contribution in [2.45, 2.75) is 92.0 Å². The largest absolute Gasteiger partial charge is 0.508 e. The number of phenolic OH excluding ortho intramolecular Hbond substituents is 1. The highest BCUT2D eigenvalue weighted by molar-refractivity contribution is 6.34. The van der Waals surface area contributed by atoms with Crippen LogP contribution in [0.15, 0.2) is 42.5 Å². The van der Waals surface area contributed by atoms with Crippen LogP contribution < -0.4 is 10.6 Å². The van der Waals surface area contributed by atoms with Gasteiger partial charge in [-0.2, -0.15) is 0 Å². The summed E-state index contributed by atoms with van der Waals surface area (Å²) in [5, 5.41) is 16.3. The number of ether oxygens (including phenoxy) is 1. The van der Waals surface area contributed by atoms with Crippen LogP contribution in [0.2, 0.25) is 5.02 Å². The van der Waals surface area contributed by atoms with Gasteiger partial charge in [-0.3, -0.25) is 9.59 Å². The van der Waals surface area contributed by atoms with E-state index in [0.29, 0.717) is 22.7 Å². The van der Waals surface area contributed by atoms with Gasteiger partial charge in [-0.15, -0.1) is 0 Å². The lowest BCUT2D eigenvalue weighted by Crippen LogP contribution is -2.59. The highest BCUT2D eigenvalue weighted by Gasteiger charge is 2.43. The molecule has 8 nitrogen and oxygen atoms in total. The Balaban J connectivity index is 2.65. The van der Waals surface area contributed by atoms with E-state index in [9.17, 15) is 19.5 Å². The lowest BCUT2D eigenvalue weighted by molar-refractivity contribution is -0.147. The van der Waals surface area contributed by atoms with Crippen LogP contribution in [0.5, 0.6) is 5.75 Å². The van der Waals surface area contributed by atoms with Crippen LogP contribution in [0.4, 0.5) is 10.5 Å². The van der Waals surface area contributed by atoms with E-state index < -0.39 is 41.1 Å². The van der Waals surface area contributed by atoms with E-state index in [1.165, 1.54) is 17.0 Å². The van der Waals surface area contributed by atoms with Crippen LogP contribution in [0.25, 0.3) is 0 Å². The number of halogens is 1. The molecule has 2 rings (SSSR count). The summed E-state index contributed by atoms with van der Waals surface area (Å²) >= 11 is 6.41. The maximum Gasteiger partial charge on any atom is 0.408 e. The molecule has 0 aliphatic heterocycles. The lowest BCUT2D eigenvalue weighted by Gasteiger charge is -2.44. The molecule has 0 fully saturated rings. The fraction of sp³-hybridized carbons (Fsp3) is 0.500. The summed E-state index contributed by atoms with van der Waals surface area (Å²) in [4.78, 5) is 42.6. The quantitative estimate of drug-likeness (QED) is 0.337. The first-order valence-electron chi connectivity index (χ1n) is 13.1. The number of aromatic hydroxyl groups is 1. The van der Waals surface area contributed by atoms with Crippen molar-refractivity contribution in [1.82, 2.24) is 10.2 Å². The second-order valence-electron chi connectivity index (χ2n) is 11.8. The van der Waals surface area contributed by atoms with Crippen molar-refractivity contribution in [3.8, 4) is 5.75 Å². The number of nitrogens with zero attached hydrogens (tertiary/aromatic N) is 1. The number of alkyl carbamates (subject to hydrolysis) is 1. The highest BCUT2D eigenvalue weighted by atomic mass is 35.5. The van der Waals surface area contributed by atoms with Gasteiger partial charge >= 0.3 is 6.09 Å². The fourth-order valence-corrected chi connectivity index (χ4v) is 4.48. The van der Waals surface area contributed by atoms with Gasteiger partial charge in [-0.1, -0.05) is 56.1 Å². The van der Waals surface area contributed by atoms with Crippen molar-refractivity contribution >= 4 is 35.2 Å². The van der Waals surface area contributed by atoms with Gasteiger partial charge in [0.15, 0.2) is 0 Å². The standard InChI is InChI=1S/C30H42ClN3O5/c1-10-18(2)24(33-28(38)39-30(7,8)9)27(37)34(29(4,5)6)25(20-14-12-15-21(35)17-20)26(36)32-23-19(3)13-11-16-22(23)31/h11-18,24-25,35H,10H2,1-9H3,(H,32,36)(H,33,38). The maximum absolute atomic E-state index is 14.4. The van der Waals surface area contributed by atoms with Gasteiger partial charge in [-0.05, 0) is 83.7 Å². The summed E-state index contributed by atoms with van der Waals surface area (Å²) in [6.07, 6.45) is -0.133. The summed E-state index contributed by atoms with van der Waals surface area (Å²) in [6, 6.07) is 9.37. The van der Waals surface area contributed by atoms with E-state index >= 15 is 0 Å². The van der Waals surface area contributed by atoms with Crippen molar-refractivity contribution in [3.05, 3.63) is 58.6 Å². The Bertz CT molecular complexity index is 1170. The Hall–Kier alpha value is -3.26. The van der Waals surface area contributed by atoms with Crippen LogP contribution in [0.1, 0.15) is 79.0 Å². The van der Waals surface area contributed by atoms with Gasteiger partial charge in [0, 0.05) is 5.54 Å². The van der Waals surface area contributed by atoms with Crippen molar-refractivity contribution in [1.29, 1.82) is 0 Å². The predicted molar refractivity (Wildman–Crippen MR) is 155 cm³/mol. The minimum atomic E-state index is -1.16. The average molecular weight is 560 g/mol. The molecular formula is C30H42ClN3O5. The van der Waals surface area contributed by atoms with E-state index in [1.54, 1.807) is 45.0 Å². The van der Waals surface area contributed by atoms with Gasteiger partial charge < -0.3 is 25.4 Å². The third-order valence-electron chi connectivity index (χ3n) is 6.27. The van der Waals surface area contributed by atoms with Gasteiger partial charge in [0.25, 0.3) is 5.91 Å². The molecular weight excluding hydrogens is 518 g/mol. The van der Waals surface area contributed by atoms with Crippen LogP contribution in [-0.2, 0) is 14.3 Å². The molecule has 0 bridgehead atoms. The first-order chi connectivity index (χ1) is 18.0. The Morgan fingerprint density at radius 2 is 1.67 bits per heavy atom. The van der Waals surface area contributed by atoms with Crippen LogP contribution in [0.3, 0.4) is 0 Å². The molecule has 9 heteroatoms. The molecule has 214 valence electrons. The zero-order valence-electron chi connectivity index (χ0n) is 24.4. The number of para-hydroxylation sites is 1. The molecule has 39 heavy (non-hydrogen) atoms. The number of nitrogens with one attached hydrogen (secondary N) is 2. The third kappa shape index (κ3) is 8.62. The van der Waals surface area contributed by atoms with Gasteiger partial charge in [0.1, 0.15) is 23.4 Å². The SMILES string of the molecule is CCC(C)C(NC(=O)OC(C)(C)C)C(=O)N(C(C(=O)Nc1c(C)cccc1Cl)c1cccc(O)c1)C(C)(C)C. The van der Waals surface area contributed by atoms with Crippen LogP contribution >= 0.6 is 11.6 Å². The van der Waals surface area contributed by atoms with Crippen LogP contribution in [0, 0.1) is 12.8 Å². The second-order valence-corrected chi connectivity index (χ2v) is 12.2. The molecule has 3 N–H and O–H groups in total. The molecule has 0 aromatic heterocycles. The molecule has 2 aromatic carbocycles. The van der Waals surface area contributed by atoms with Crippen molar-refractivity contribution in [2.24, 2.45) is 5.92 Å². The minimum Gasteiger partial charge on any atom is -0.508 e. The molecule has 0 saturated heterocycles. The summed E-state index contributed by atoms with van der Waals surface area (Å²) in [7, 11) is 0. The maximum atomic E-state index is 14.4. The Morgan fingerprint density at radius 3 is 2.18 bits per heavy atom. The van der Waals surface area contributed by atoms with Crippen molar-refractivity contribution in [3.63, 3.8) is 0 Å². The number of benzene rings is 2. The third-order valence-corrected chi connectivity index (χ3v) is 6.59. The smallest absolute Gasteiger partial charge is 0.408 e. The number of hydrogen-bond donors (Lipinski definition) is 3. The van der Waals surface area contributed by atoms with Gasteiger partial charge in [0.2, 0.25) is 5.91 Å².